The molecule has 1 unspecified atom stereocenters. The second-order valence-electron chi connectivity index (χ2n) is 9.46. The molecule has 31 heavy (non-hydrogen) atoms. The van der Waals surface area contributed by atoms with Crippen LogP contribution in [0.3, 0.4) is 0 Å². The Kier molecular flexibility index (Phi) is 7.72. The molecule has 0 saturated carbocycles. The summed E-state index contributed by atoms with van der Waals surface area (Å²) in [5, 5.41) is 6.63. The van der Waals surface area contributed by atoms with Crippen LogP contribution in [0.1, 0.15) is 56.6 Å². The molecule has 4 rings (SSSR count). The number of nitrogens with one attached hydrogen (secondary N) is 2. The molecule has 2 N–H and O–H groups in total. The lowest BCUT2D eigenvalue weighted by Crippen LogP contribution is -2.54. The number of amides is 2. The van der Waals surface area contributed by atoms with E-state index in [9.17, 15) is 4.79 Å². The molecule has 2 fully saturated rings. The number of ether oxygens (including phenoxy) is 1. The molecule has 6 heteroatoms. The zero-order chi connectivity index (χ0) is 21.6. The van der Waals surface area contributed by atoms with Crippen molar-refractivity contribution in [1.29, 1.82) is 0 Å². The summed E-state index contributed by atoms with van der Waals surface area (Å²) < 4.78 is 5.47. The molecular weight excluding hydrogens is 388 g/mol. The molecule has 0 spiro atoms. The zero-order valence-electron chi connectivity index (χ0n) is 19.4. The summed E-state index contributed by atoms with van der Waals surface area (Å²) in [6, 6.07) is 8.23. The first kappa shape index (κ1) is 22.4. The molecule has 0 radical (unpaired) electrons. The number of piperidine rings is 2. The summed E-state index contributed by atoms with van der Waals surface area (Å²) in [5.41, 5.74) is 2.94. The summed E-state index contributed by atoms with van der Waals surface area (Å²) in [5.74, 6) is 0.967. The Hall–Kier alpha value is -1.79. The van der Waals surface area contributed by atoms with Gasteiger partial charge in [0.2, 0.25) is 0 Å². The highest BCUT2D eigenvalue weighted by molar-refractivity contribution is 5.74. The van der Waals surface area contributed by atoms with Gasteiger partial charge in [0.15, 0.2) is 0 Å². The monoisotopic (exact) mass is 428 g/mol. The largest absolute Gasteiger partial charge is 0.497 e. The molecule has 2 amide bonds. The van der Waals surface area contributed by atoms with E-state index in [0.29, 0.717) is 18.1 Å². The first-order valence-corrected chi connectivity index (χ1v) is 12.4. The highest BCUT2D eigenvalue weighted by Crippen LogP contribution is 2.30. The minimum absolute atomic E-state index is 0.145. The third-order valence-corrected chi connectivity index (χ3v) is 7.45. The third kappa shape index (κ3) is 5.53. The Bertz CT molecular complexity index is 726. The van der Waals surface area contributed by atoms with Crippen LogP contribution in [0.4, 0.5) is 4.79 Å². The number of carbonyl (C=O) groups is 1. The van der Waals surface area contributed by atoms with Gasteiger partial charge in [-0.2, -0.15) is 0 Å². The third-order valence-electron chi connectivity index (χ3n) is 7.45. The zero-order valence-corrected chi connectivity index (χ0v) is 19.4. The molecule has 2 aliphatic heterocycles. The first-order valence-electron chi connectivity index (χ1n) is 12.4. The van der Waals surface area contributed by atoms with Gasteiger partial charge in [-0.05, 0) is 94.3 Å². The van der Waals surface area contributed by atoms with Crippen molar-refractivity contribution in [1.82, 2.24) is 20.4 Å². The maximum atomic E-state index is 12.7. The van der Waals surface area contributed by atoms with Crippen LogP contribution >= 0.6 is 0 Å². The van der Waals surface area contributed by atoms with Crippen molar-refractivity contribution in [3.63, 3.8) is 0 Å². The fourth-order valence-electron chi connectivity index (χ4n) is 5.68. The predicted molar refractivity (Wildman–Crippen MR) is 125 cm³/mol. The lowest BCUT2D eigenvalue weighted by atomic mass is 9.86. The Labute approximate surface area is 187 Å². The molecule has 1 aromatic carbocycles. The van der Waals surface area contributed by atoms with Crippen LogP contribution in [0, 0.1) is 0 Å². The Balaban J connectivity index is 1.33. The van der Waals surface area contributed by atoms with Crippen molar-refractivity contribution in [2.24, 2.45) is 0 Å². The number of fused-ring (bicyclic) bond motifs is 1. The van der Waals surface area contributed by atoms with Crippen molar-refractivity contribution in [3.8, 4) is 5.75 Å². The van der Waals surface area contributed by atoms with Crippen molar-refractivity contribution in [2.75, 3.05) is 39.8 Å². The van der Waals surface area contributed by atoms with Gasteiger partial charge < -0.3 is 20.3 Å². The van der Waals surface area contributed by atoms with Crippen LogP contribution in [0.15, 0.2) is 18.2 Å². The lowest BCUT2D eigenvalue weighted by molar-refractivity contribution is 0.0742. The van der Waals surface area contributed by atoms with E-state index in [4.69, 9.17) is 4.74 Å². The average Bonchev–Trinajstić information content (AvgIpc) is 2.82. The van der Waals surface area contributed by atoms with Gasteiger partial charge in [0, 0.05) is 31.2 Å². The van der Waals surface area contributed by atoms with Crippen molar-refractivity contribution in [3.05, 3.63) is 29.3 Å². The lowest BCUT2D eigenvalue weighted by Gasteiger charge is -2.44. The smallest absolute Gasteiger partial charge is 0.317 e. The fourth-order valence-corrected chi connectivity index (χ4v) is 5.68. The maximum Gasteiger partial charge on any atom is 0.317 e. The van der Waals surface area contributed by atoms with Gasteiger partial charge >= 0.3 is 6.03 Å². The van der Waals surface area contributed by atoms with Gasteiger partial charge in [-0.15, -0.1) is 0 Å². The summed E-state index contributed by atoms with van der Waals surface area (Å²) in [4.78, 5) is 17.6. The SMILES string of the molecule is CCCN(C1CCN(C(=O)NC2CCNCC2)CC1)C1CCc2ccc(OC)cc2C1. The van der Waals surface area contributed by atoms with E-state index in [-0.39, 0.29) is 6.03 Å². The van der Waals surface area contributed by atoms with Crippen LogP contribution in [0.5, 0.6) is 5.75 Å². The maximum absolute atomic E-state index is 12.7. The minimum atomic E-state index is 0.145. The van der Waals surface area contributed by atoms with Gasteiger partial charge in [-0.3, -0.25) is 4.90 Å². The normalized spacial score (nSPS) is 22.9. The number of methoxy groups -OCH3 is 1. The number of likely N-dealkylation sites (tertiary alicyclic amines) is 1. The van der Waals surface area contributed by atoms with Crippen LogP contribution < -0.4 is 15.4 Å². The molecular formula is C25H40N4O2. The number of hydrogen-bond acceptors (Lipinski definition) is 4. The van der Waals surface area contributed by atoms with E-state index < -0.39 is 0 Å². The Morgan fingerprint density at radius 2 is 1.90 bits per heavy atom. The quantitative estimate of drug-likeness (QED) is 0.731. The number of benzene rings is 1. The average molecular weight is 429 g/mol. The standard InChI is InChI=1S/C25H40N4O2/c1-3-14-29(23-6-4-19-5-7-24(31-2)18-20(19)17-23)22-10-15-28(16-11-22)25(30)27-21-8-12-26-13-9-21/h5,7,18,21-23,26H,3-4,6,8-17H2,1-2H3,(H,27,30). The highest BCUT2D eigenvalue weighted by atomic mass is 16.5. The number of carbonyl (C=O) groups excluding carboxylic acids is 1. The van der Waals surface area contributed by atoms with E-state index in [2.05, 4.69) is 40.7 Å². The van der Waals surface area contributed by atoms with Crippen molar-refractivity contribution in [2.45, 2.75) is 76.4 Å². The highest BCUT2D eigenvalue weighted by Gasteiger charge is 2.33. The van der Waals surface area contributed by atoms with Crippen LogP contribution in [0.2, 0.25) is 0 Å². The summed E-state index contributed by atoms with van der Waals surface area (Å²) in [7, 11) is 1.75. The molecule has 1 aromatic rings. The van der Waals surface area contributed by atoms with Gasteiger partial charge in [0.25, 0.3) is 0 Å². The minimum Gasteiger partial charge on any atom is -0.497 e. The molecule has 2 heterocycles. The molecule has 2 saturated heterocycles. The second-order valence-corrected chi connectivity index (χ2v) is 9.46. The van der Waals surface area contributed by atoms with E-state index >= 15 is 0 Å². The van der Waals surface area contributed by atoms with Crippen molar-refractivity contribution < 1.29 is 9.53 Å². The Morgan fingerprint density at radius 1 is 1.13 bits per heavy atom. The Morgan fingerprint density at radius 3 is 2.61 bits per heavy atom. The molecule has 3 aliphatic rings. The molecule has 0 bridgehead atoms. The van der Waals surface area contributed by atoms with Crippen LogP contribution in [0.25, 0.3) is 0 Å². The van der Waals surface area contributed by atoms with Gasteiger partial charge in [0.05, 0.1) is 7.11 Å². The van der Waals surface area contributed by atoms with Crippen LogP contribution in [-0.2, 0) is 12.8 Å². The summed E-state index contributed by atoms with van der Waals surface area (Å²) >= 11 is 0. The molecule has 1 atom stereocenters. The predicted octanol–water partition coefficient (Wildman–Crippen LogP) is 3.19. The van der Waals surface area contributed by atoms with Crippen LogP contribution in [-0.4, -0.2) is 73.8 Å². The molecule has 0 aromatic heterocycles. The number of aryl methyl sites for hydroxylation is 1. The van der Waals surface area contributed by atoms with E-state index in [1.165, 1.54) is 24.0 Å². The number of urea groups is 1. The van der Waals surface area contributed by atoms with E-state index in [0.717, 1.165) is 77.0 Å². The summed E-state index contributed by atoms with van der Waals surface area (Å²) in [6.07, 6.45) is 8.93. The van der Waals surface area contributed by atoms with Gasteiger partial charge in [0.1, 0.15) is 5.75 Å². The first-order chi connectivity index (χ1) is 15.2. The number of hydrogen-bond donors (Lipinski definition) is 2. The second kappa shape index (κ2) is 10.7. The molecule has 172 valence electrons. The van der Waals surface area contributed by atoms with E-state index in [1.54, 1.807) is 7.11 Å². The van der Waals surface area contributed by atoms with E-state index in [1.807, 2.05) is 4.90 Å². The fraction of sp³-hybridized carbons (Fsp3) is 0.720. The molecule has 1 aliphatic carbocycles. The number of nitrogens with zero attached hydrogens (tertiary/aromatic N) is 2. The topological polar surface area (TPSA) is 56.8 Å². The van der Waals surface area contributed by atoms with Crippen molar-refractivity contribution >= 4 is 6.03 Å². The summed E-state index contributed by atoms with van der Waals surface area (Å²) in [6.45, 7) is 7.20. The van der Waals surface area contributed by atoms with Gasteiger partial charge in [-0.1, -0.05) is 13.0 Å². The van der Waals surface area contributed by atoms with Gasteiger partial charge in [-0.25, -0.2) is 4.79 Å². The number of rotatable bonds is 6. The molecule has 6 nitrogen and oxygen atoms in total.